The Bertz CT molecular complexity index is 559. The lowest BCUT2D eigenvalue weighted by Gasteiger charge is -2.18. The number of ketones is 2. The third kappa shape index (κ3) is 3.85. The minimum absolute atomic E-state index is 0.0526. The van der Waals surface area contributed by atoms with Gasteiger partial charge < -0.3 is 4.90 Å². The van der Waals surface area contributed by atoms with Crippen molar-refractivity contribution in [3.05, 3.63) is 44.8 Å². The van der Waals surface area contributed by atoms with Gasteiger partial charge in [0.05, 0.1) is 9.75 Å². The van der Waals surface area contributed by atoms with E-state index < -0.39 is 0 Å². The van der Waals surface area contributed by atoms with Crippen molar-refractivity contribution in [2.24, 2.45) is 5.92 Å². The monoisotopic (exact) mass is 307 g/mol. The Morgan fingerprint density at radius 3 is 2.20 bits per heavy atom. The average Bonchev–Trinajstić information content (AvgIpc) is 3.09. The Balaban J connectivity index is 2.11. The molecule has 0 saturated heterocycles. The third-order valence-electron chi connectivity index (χ3n) is 2.95. The summed E-state index contributed by atoms with van der Waals surface area (Å²) in [5.41, 5.74) is 0. The lowest BCUT2D eigenvalue weighted by atomic mass is 9.95. The van der Waals surface area contributed by atoms with Gasteiger partial charge in [-0.3, -0.25) is 9.59 Å². The maximum atomic E-state index is 12.5. The topological polar surface area (TPSA) is 37.4 Å². The Morgan fingerprint density at radius 1 is 1.10 bits per heavy atom. The number of carbonyl (C=O) groups is 2. The highest BCUT2D eigenvalue weighted by Crippen LogP contribution is 2.21. The second kappa shape index (κ2) is 6.92. The van der Waals surface area contributed by atoms with E-state index >= 15 is 0 Å². The summed E-state index contributed by atoms with van der Waals surface area (Å²) in [6.07, 6.45) is 0.273. The van der Waals surface area contributed by atoms with E-state index in [2.05, 4.69) is 0 Å². The van der Waals surface area contributed by atoms with E-state index in [1.165, 1.54) is 22.7 Å². The minimum Gasteiger partial charge on any atom is -0.309 e. The number of carbonyl (C=O) groups excluding carboxylic acids is 2. The van der Waals surface area contributed by atoms with E-state index in [4.69, 9.17) is 0 Å². The number of thiophene rings is 2. The molecular weight excluding hydrogens is 290 g/mol. The van der Waals surface area contributed by atoms with Crippen molar-refractivity contribution >= 4 is 34.2 Å². The van der Waals surface area contributed by atoms with Gasteiger partial charge in [-0.15, -0.1) is 22.7 Å². The summed E-state index contributed by atoms with van der Waals surface area (Å²) < 4.78 is 0. The van der Waals surface area contributed by atoms with E-state index in [1.807, 2.05) is 54.0 Å². The van der Waals surface area contributed by atoms with Gasteiger partial charge in [-0.1, -0.05) is 12.1 Å². The van der Waals surface area contributed by atoms with Crippen LogP contribution >= 0.6 is 22.7 Å². The van der Waals surface area contributed by atoms with E-state index in [0.29, 0.717) is 6.54 Å². The van der Waals surface area contributed by atoms with Crippen LogP contribution in [0.1, 0.15) is 25.8 Å². The van der Waals surface area contributed by atoms with E-state index in [-0.39, 0.29) is 23.9 Å². The van der Waals surface area contributed by atoms with Gasteiger partial charge in [-0.25, -0.2) is 0 Å². The van der Waals surface area contributed by atoms with Crippen LogP contribution in [0.5, 0.6) is 0 Å². The van der Waals surface area contributed by atoms with Crippen LogP contribution in [0.2, 0.25) is 0 Å². The maximum Gasteiger partial charge on any atom is 0.177 e. The van der Waals surface area contributed by atoms with Gasteiger partial charge >= 0.3 is 0 Å². The second-order valence-electron chi connectivity index (χ2n) is 4.91. The molecule has 0 saturated carbocycles. The first-order chi connectivity index (χ1) is 9.58. The SMILES string of the molecule is CN(C)CC(CC(=O)c1cccs1)C(=O)c1cccs1. The van der Waals surface area contributed by atoms with Crippen LogP contribution in [0.4, 0.5) is 0 Å². The minimum atomic E-state index is -0.279. The lowest BCUT2D eigenvalue weighted by Crippen LogP contribution is -2.29. The second-order valence-corrected chi connectivity index (χ2v) is 6.80. The molecule has 0 aliphatic carbocycles. The molecule has 3 nitrogen and oxygen atoms in total. The summed E-state index contributed by atoms with van der Waals surface area (Å²) in [6.45, 7) is 0.591. The quantitative estimate of drug-likeness (QED) is 0.735. The Kier molecular flexibility index (Phi) is 5.23. The molecule has 0 radical (unpaired) electrons. The summed E-state index contributed by atoms with van der Waals surface area (Å²) in [6, 6.07) is 7.37. The lowest BCUT2D eigenvalue weighted by molar-refractivity contribution is 0.0834. The van der Waals surface area contributed by atoms with Crippen molar-refractivity contribution in [3.63, 3.8) is 0 Å². The zero-order valence-electron chi connectivity index (χ0n) is 11.5. The molecule has 2 aromatic rings. The molecule has 2 rings (SSSR count). The van der Waals surface area contributed by atoms with Crippen LogP contribution in [0, 0.1) is 5.92 Å². The molecular formula is C15H17NO2S2. The van der Waals surface area contributed by atoms with Crippen molar-refractivity contribution in [3.8, 4) is 0 Å². The molecule has 1 unspecified atom stereocenters. The molecule has 2 heterocycles. The zero-order valence-corrected chi connectivity index (χ0v) is 13.2. The average molecular weight is 307 g/mol. The number of rotatable bonds is 7. The summed E-state index contributed by atoms with van der Waals surface area (Å²) >= 11 is 2.86. The van der Waals surface area contributed by atoms with E-state index in [9.17, 15) is 9.59 Å². The molecule has 0 N–H and O–H groups in total. The molecule has 2 aromatic heterocycles. The Hall–Kier alpha value is -1.30. The van der Waals surface area contributed by atoms with E-state index in [1.54, 1.807) is 0 Å². The van der Waals surface area contributed by atoms with Crippen LogP contribution in [0.15, 0.2) is 35.0 Å². The largest absolute Gasteiger partial charge is 0.309 e. The first-order valence-electron chi connectivity index (χ1n) is 6.37. The van der Waals surface area contributed by atoms with Gasteiger partial charge in [-0.05, 0) is 37.0 Å². The molecule has 5 heteroatoms. The smallest absolute Gasteiger partial charge is 0.177 e. The molecule has 0 amide bonds. The van der Waals surface area contributed by atoms with Crippen LogP contribution in [-0.2, 0) is 0 Å². The molecule has 0 aliphatic heterocycles. The maximum absolute atomic E-state index is 12.5. The van der Waals surface area contributed by atoms with Crippen molar-refractivity contribution in [1.29, 1.82) is 0 Å². The predicted octanol–water partition coefficient (Wildman–Crippen LogP) is 3.44. The Labute approximate surface area is 126 Å². The highest BCUT2D eigenvalue weighted by atomic mass is 32.1. The first kappa shape index (κ1) is 15.1. The fourth-order valence-electron chi connectivity index (χ4n) is 2.06. The molecule has 0 spiro atoms. The van der Waals surface area contributed by atoms with Crippen molar-refractivity contribution < 1.29 is 9.59 Å². The molecule has 0 fully saturated rings. The summed E-state index contributed by atoms with van der Waals surface area (Å²) in [7, 11) is 3.84. The highest BCUT2D eigenvalue weighted by Gasteiger charge is 2.25. The molecule has 0 aliphatic rings. The van der Waals surface area contributed by atoms with Crippen LogP contribution in [0.3, 0.4) is 0 Å². The third-order valence-corrected chi connectivity index (χ3v) is 4.74. The molecule has 20 heavy (non-hydrogen) atoms. The molecule has 0 aromatic carbocycles. The Morgan fingerprint density at radius 2 is 1.70 bits per heavy atom. The number of Topliss-reactive ketones (excluding diaryl/α,β-unsaturated/α-hetero) is 2. The van der Waals surface area contributed by atoms with Gasteiger partial charge in [0.25, 0.3) is 0 Å². The van der Waals surface area contributed by atoms with Gasteiger partial charge in [0.2, 0.25) is 0 Å². The zero-order chi connectivity index (χ0) is 14.5. The van der Waals surface area contributed by atoms with Crippen LogP contribution < -0.4 is 0 Å². The van der Waals surface area contributed by atoms with Crippen molar-refractivity contribution in [2.75, 3.05) is 20.6 Å². The highest BCUT2D eigenvalue weighted by molar-refractivity contribution is 7.12. The van der Waals surface area contributed by atoms with Gasteiger partial charge in [0.15, 0.2) is 11.6 Å². The van der Waals surface area contributed by atoms with Gasteiger partial charge in [-0.2, -0.15) is 0 Å². The fraction of sp³-hybridized carbons (Fsp3) is 0.333. The number of hydrogen-bond acceptors (Lipinski definition) is 5. The molecule has 1 atom stereocenters. The van der Waals surface area contributed by atoms with Crippen molar-refractivity contribution in [2.45, 2.75) is 6.42 Å². The van der Waals surface area contributed by atoms with Crippen LogP contribution in [-0.4, -0.2) is 37.1 Å². The normalized spacial score (nSPS) is 12.6. The summed E-state index contributed by atoms with van der Waals surface area (Å²) in [4.78, 5) is 28.1. The summed E-state index contributed by atoms with van der Waals surface area (Å²) in [5.74, 6) is -0.159. The molecule has 106 valence electrons. The van der Waals surface area contributed by atoms with Crippen molar-refractivity contribution in [1.82, 2.24) is 4.90 Å². The van der Waals surface area contributed by atoms with Gasteiger partial charge in [0.1, 0.15) is 0 Å². The fourth-order valence-corrected chi connectivity index (χ4v) is 3.48. The van der Waals surface area contributed by atoms with Crippen LogP contribution in [0.25, 0.3) is 0 Å². The number of nitrogens with zero attached hydrogens (tertiary/aromatic N) is 1. The van der Waals surface area contributed by atoms with E-state index in [0.717, 1.165) is 9.75 Å². The standard InChI is InChI=1S/C15H17NO2S2/c1-16(2)10-11(15(18)14-6-4-8-20-14)9-12(17)13-5-3-7-19-13/h3-8,11H,9-10H2,1-2H3. The molecule has 0 bridgehead atoms. The predicted molar refractivity (Wildman–Crippen MR) is 84.0 cm³/mol. The first-order valence-corrected chi connectivity index (χ1v) is 8.13. The summed E-state index contributed by atoms with van der Waals surface area (Å²) in [5, 5.41) is 3.77. The number of hydrogen-bond donors (Lipinski definition) is 0. The van der Waals surface area contributed by atoms with Gasteiger partial charge in [0, 0.05) is 18.9 Å².